The Morgan fingerprint density at radius 2 is 1.62 bits per heavy atom. The molecule has 2 aromatic carbocycles. The molecule has 2 N–H and O–H groups in total. The van der Waals surface area contributed by atoms with E-state index < -0.39 is 12.1 Å². The van der Waals surface area contributed by atoms with Gasteiger partial charge < -0.3 is 29.5 Å². The van der Waals surface area contributed by atoms with Crippen LogP contribution in [0.5, 0.6) is 11.5 Å². The van der Waals surface area contributed by atoms with Crippen LogP contribution in [0.1, 0.15) is 57.1 Å². The lowest BCUT2D eigenvalue weighted by molar-refractivity contribution is -0.149. The highest BCUT2D eigenvalue weighted by Gasteiger charge is 2.18. The topological polar surface area (TPSA) is 97.3 Å². The molecule has 2 rings (SSSR count). The molecule has 8 nitrogen and oxygen atoms in total. The molecule has 0 spiro atoms. The van der Waals surface area contributed by atoms with Crippen LogP contribution in [0.2, 0.25) is 0 Å². The van der Waals surface area contributed by atoms with Crippen molar-refractivity contribution in [2.45, 2.75) is 64.9 Å². The van der Waals surface area contributed by atoms with Gasteiger partial charge in [0.1, 0.15) is 11.5 Å². The highest BCUT2D eigenvalue weighted by Crippen LogP contribution is 2.29. The van der Waals surface area contributed by atoms with Gasteiger partial charge in [-0.25, -0.2) is 9.59 Å². The molecule has 0 heterocycles. The van der Waals surface area contributed by atoms with Gasteiger partial charge in [-0.3, -0.25) is 0 Å². The van der Waals surface area contributed by atoms with Crippen LogP contribution in [0.4, 0.5) is 10.5 Å². The second kappa shape index (κ2) is 16.5. The molecule has 8 heteroatoms. The Hall–Kier alpha value is -3.26. The van der Waals surface area contributed by atoms with Gasteiger partial charge in [-0.2, -0.15) is 0 Å². The highest BCUT2D eigenvalue weighted by molar-refractivity contribution is 5.91. The van der Waals surface area contributed by atoms with E-state index in [2.05, 4.69) is 12.2 Å². The smallest absolute Gasteiger partial charge is 0.333 e. The van der Waals surface area contributed by atoms with Crippen molar-refractivity contribution in [2.24, 2.45) is 0 Å². The molecule has 37 heavy (non-hydrogen) atoms. The van der Waals surface area contributed by atoms with Crippen molar-refractivity contribution in [1.29, 1.82) is 0 Å². The van der Waals surface area contributed by atoms with Crippen molar-refractivity contribution < 1.29 is 28.9 Å². The number of carboxylic acid groups (broad SMARTS) is 1. The van der Waals surface area contributed by atoms with E-state index in [0.29, 0.717) is 49.7 Å². The summed E-state index contributed by atoms with van der Waals surface area (Å²) in [6, 6.07) is 13.0. The highest BCUT2D eigenvalue weighted by atomic mass is 16.5. The van der Waals surface area contributed by atoms with Crippen LogP contribution in [0.3, 0.4) is 0 Å². The van der Waals surface area contributed by atoms with Crippen LogP contribution in [0, 0.1) is 0 Å². The summed E-state index contributed by atoms with van der Waals surface area (Å²) in [5, 5.41) is 12.3. The number of anilines is 1. The van der Waals surface area contributed by atoms with Gasteiger partial charge >= 0.3 is 12.0 Å². The molecule has 0 bridgehead atoms. The number of hydrogen-bond acceptors (Lipinski definition) is 5. The Morgan fingerprint density at radius 3 is 2.24 bits per heavy atom. The number of nitrogens with one attached hydrogen (secondary N) is 1. The van der Waals surface area contributed by atoms with Gasteiger partial charge in [-0.05, 0) is 43.0 Å². The summed E-state index contributed by atoms with van der Waals surface area (Å²) in [6.45, 7) is 5.56. The molecule has 0 aliphatic heterocycles. The summed E-state index contributed by atoms with van der Waals surface area (Å²) in [4.78, 5) is 26.4. The summed E-state index contributed by atoms with van der Waals surface area (Å²) >= 11 is 0. The molecular formula is C29H42N2O6. The Bertz CT molecular complexity index is 963. The molecule has 0 aliphatic carbocycles. The zero-order chi connectivity index (χ0) is 27.0. The molecule has 0 saturated carbocycles. The van der Waals surface area contributed by atoms with Crippen LogP contribution in [0.25, 0.3) is 0 Å². The van der Waals surface area contributed by atoms with Crippen LogP contribution >= 0.6 is 0 Å². The second-order valence-electron chi connectivity index (χ2n) is 8.95. The molecule has 2 aromatic rings. The van der Waals surface area contributed by atoms with Crippen LogP contribution in [-0.2, 0) is 22.4 Å². The largest absolute Gasteiger partial charge is 0.497 e. The maximum atomic E-state index is 13.2. The van der Waals surface area contributed by atoms with E-state index in [9.17, 15) is 14.7 Å². The maximum Gasteiger partial charge on any atom is 0.333 e. The van der Waals surface area contributed by atoms with Gasteiger partial charge in [-0.15, -0.1) is 0 Å². The van der Waals surface area contributed by atoms with E-state index in [0.717, 1.165) is 24.0 Å². The van der Waals surface area contributed by atoms with Crippen molar-refractivity contribution in [1.82, 2.24) is 4.90 Å². The first-order chi connectivity index (χ1) is 17.9. The molecule has 0 radical (unpaired) electrons. The SMILES string of the molecule is CCCCCCCN(CCc1ccc(C[C@@H](OCC)C(=O)O)cc1)C(=O)Nc1ccc(OC)cc1OC. The minimum Gasteiger partial charge on any atom is -0.497 e. The average Bonchev–Trinajstić information content (AvgIpc) is 2.90. The Labute approximate surface area is 220 Å². The van der Waals surface area contributed by atoms with E-state index in [4.69, 9.17) is 14.2 Å². The van der Waals surface area contributed by atoms with Crippen LogP contribution < -0.4 is 14.8 Å². The number of benzene rings is 2. The molecule has 0 fully saturated rings. The lowest BCUT2D eigenvalue weighted by Crippen LogP contribution is -2.37. The van der Waals surface area contributed by atoms with E-state index >= 15 is 0 Å². The third kappa shape index (κ3) is 10.3. The fraction of sp³-hybridized carbons (Fsp3) is 0.517. The van der Waals surface area contributed by atoms with E-state index in [-0.39, 0.29) is 6.03 Å². The molecule has 0 aromatic heterocycles. The molecule has 0 saturated heterocycles. The van der Waals surface area contributed by atoms with Gasteiger partial charge in [0.15, 0.2) is 6.10 Å². The second-order valence-corrected chi connectivity index (χ2v) is 8.95. The number of ether oxygens (including phenoxy) is 3. The molecule has 1 atom stereocenters. The summed E-state index contributed by atoms with van der Waals surface area (Å²) < 4.78 is 16.0. The molecule has 0 aliphatic rings. The molecule has 2 amide bonds. The lowest BCUT2D eigenvalue weighted by Gasteiger charge is -2.24. The Kier molecular flexibility index (Phi) is 13.3. The van der Waals surface area contributed by atoms with E-state index in [1.807, 2.05) is 29.2 Å². The third-order valence-electron chi connectivity index (χ3n) is 6.23. The fourth-order valence-corrected chi connectivity index (χ4v) is 4.06. The summed E-state index contributed by atoms with van der Waals surface area (Å²) in [7, 11) is 3.15. The third-order valence-corrected chi connectivity index (χ3v) is 6.23. The Morgan fingerprint density at radius 1 is 0.919 bits per heavy atom. The number of unbranched alkanes of at least 4 members (excludes halogenated alkanes) is 4. The monoisotopic (exact) mass is 514 g/mol. The minimum absolute atomic E-state index is 0.170. The van der Waals surface area contributed by atoms with Gasteiger partial charge in [-0.1, -0.05) is 56.9 Å². The van der Waals surface area contributed by atoms with Crippen molar-refractivity contribution >= 4 is 17.7 Å². The van der Waals surface area contributed by atoms with E-state index in [1.54, 1.807) is 39.3 Å². The van der Waals surface area contributed by atoms with E-state index in [1.165, 1.54) is 19.3 Å². The predicted molar refractivity (Wildman–Crippen MR) is 146 cm³/mol. The number of rotatable bonds is 17. The van der Waals surface area contributed by atoms with Gasteiger partial charge in [0.25, 0.3) is 0 Å². The standard InChI is InChI=1S/C29H42N2O6/c1-5-7-8-9-10-18-31(29(34)30-25-16-15-24(35-3)21-26(25)36-4)19-17-22-11-13-23(14-12-22)20-27(28(32)33)37-6-2/h11-16,21,27H,5-10,17-20H2,1-4H3,(H,30,34)(H,32,33)/t27-/m1/s1. The van der Waals surface area contributed by atoms with Crippen molar-refractivity contribution in [3.63, 3.8) is 0 Å². The first kappa shape index (κ1) is 30.0. The molecular weight excluding hydrogens is 472 g/mol. The number of hydrogen-bond donors (Lipinski definition) is 2. The van der Waals surface area contributed by atoms with Gasteiger partial charge in [0.2, 0.25) is 0 Å². The Balaban J connectivity index is 2.04. The number of aliphatic carboxylic acids is 1. The number of carboxylic acids is 1. The van der Waals surface area contributed by atoms with Crippen LogP contribution in [0.15, 0.2) is 42.5 Å². The first-order valence-corrected chi connectivity index (χ1v) is 13.1. The van der Waals surface area contributed by atoms with Crippen LogP contribution in [-0.4, -0.2) is 62.0 Å². The van der Waals surface area contributed by atoms with Crippen molar-refractivity contribution in [3.05, 3.63) is 53.6 Å². The molecule has 204 valence electrons. The summed E-state index contributed by atoms with van der Waals surface area (Å²) in [6.07, 6.45) is 5.73. The number of nitrogens with zero attached hydrogens (tertiary/aromatic N) is 1. The quantitative estimate of drug-likeness (QED) is 0.260. The normalized spacial score (nSPS) is 11.6. The maximum absolute atomic E-state index is 13.2. The number of amides is 2. The van der Waals surface area contributed by atoms with Crippen molar-refractivity contribution in [3.8, 4) is 11.5 Å². The number of methoxy groups -OCH3 is 2. The fourth-order valence-electron chi connectivity index (χ4n) is 4.06. The number of carbonyl (C=O) groups excluding carboxylic acids is 1. The first-order valence-electron chi connectivity index (χ1n) is 13.1. The lowest BCUT2D eigenvalue weighted by atomic mass is 10.0. The summed E-state index contributed by atoms with van der Waals surface area (Å²) in [5.74, 6) is 0.236. The van der Waals surface area contributed by atoms with Gasteiger partial charge in [0, 0.05) is 32.2 Å². The average molecular weight is 515 g/mol. The zero-order valence-electron chi connectivity index (χ0n) is 22.6. The number of urea groups is 1. The number of carbonyl (C=O) groups is 2. The van der Waals surface area contributed by atoms with Gasteiger partial charge in [0.05, 0.1) is 19.9 Å². The minimum atomic E-state index is -0.958. The van der Waals surface area contributed by atoms with Crippen molar-refractivity contribution in [2.75, 3.05) is 39.2 Å². The predicted octanol–water partition coefficient (Wildman–Crippen LogP) is 5.78. The molecule has 0 unspecified atom stereocenters. The zero-order valence-corrected chi connectivity index (χ0v) is 22.6. The summed E-state index contributed by atoms with van der Waals surface area (Å²) in [5.41, 5.74) is 2.58.